The van der Waals surface area contributed by atoms with Crippen LogP contribution in [0.15, 0.2) is 66.9 Å². The van der Waals surface area contributed by atoms with Gasteiger partial charge in [0.05, 0.1) is 35.6 Å². The summed E-state index contributed by atoms with van der Waals surface area (Å²) in [6.07, 6.45) is 1.82. The summed E-state index contributed by atoms with van der Waals surface area (Å²) in [5.41, 5.74) is 9.07. The molecule has 5 nitrogen and oxygen atoms in total. The lowest BCUT2D eigenvalue weighted by Crippen LogP contribution is -2.29. The minimum atomic E-state index is -0.133. The van der Waals surface area contributed by atoms with Crippen molar-refractivity contribution in [1.82, 2.24) is 14.9 Å². The molecular formula is C29H29ClN4OS. The topological polar surface area (TPSA) is 42.3 Å². The van der Waals surface area contributed by atoms with Crippen molar-refractivity contribution in [2.45, 2.75) is 39.8 Å². The highest BCUT2D eigenvalue weighted by atomic mass is 35.5. The molecule has 0 spiro atoms. The number of halogens is 1. The molecule has 0 amide bonds. The largest absolute Gasteiger partial charge is 0.495 e. The molecule has 4 aromatic rings. The van der Waals surface area contributed by atoms with E-state index >= 15 is 0 Å². The van der Waals surface area contributed by atoms with Crippen LogP contribution < -0.4 is 15.0 Å². The van der Waals surface area contributed by atoms with Crippen LogP contribution in [-0.4, -0.2) is 21.8 Å². The van der Waals surface area contributed by atoms with Crippen LogP contribution in [0, 0.1) is 27.7 Å². The molecule has 3 heterocycles. The summed E-state index contributed by atoms with van der Waals surface area (Å²) >= 11 is 12.5. The second-order valence-electron chi connectivity index (χ2n) is 9.22. The number of benzene rings is 2. The third-order valence-corrected chi connectivity index (χ3v) is 7.57. The molecule has 0 aliphatic carbocycles. The predicted octanol–water partition coefficient (Wildman–Crippen LogP) is 6.95. The van der Waals surface area contributed by atoms with Crippen LogP contribution in [0.25, 0.3) is 5.69 Å². The summed E-state index contributed by atoms with van der Waals surface area (Å²) in [5.74, 6) is 0.629. The fourth-order valence-electron chi connectivity index (χ4n) is 5.34. The van der Waals surface area contributed by atoms with Gasteiger partial charge in [-0.1, -0.05) is 35.9 Å². The Labute approximate surface area is 222 Å². The van der Waals surface area contributed by atoms with Gasteiger partial charge in [0, 0.05) is 23.3 Å². The number of thiocarbonyl (C=S) groups is 1. The van der Waals surface area contributed by atoms with Gasteiger partial charge in [-0.05, 0) is 93.0 Å². The zero-order chi connectivity index (χ0) is 25.6. The van der Waals surface area contributed by atoms with E-state index in [1.807, 2.05) is 42.6 Å². The summed E-state index contributed by atoms with van der Waals surface area (Å²) in [6.45, 7) is 8.67. The highest BCUT2D eigenvalue weighted by molar-refractivity contribution is 7.80. The summed E-state index contributed by atoms with van der Waals surface area (Å²) < 4.78 is 7.75. The van der Waals surface area contributed by atoms with Gasteiger partial charge in [-0.3, -0.25) is 4.98 Å². The normalized spacial score (nSPS) is 17.4. The lowest BCUT2D eigenvalue weighted by Gasteiger charge is -2.28. The third kappa shape index (κ3) is 4.04. The molecule has 0 saturated carbocycles. The number of nitrogens with one attached hydrogen (secondary N) is 1. The van der Waals surface area contributed by atoms with Gasteiger partial charge in [0.1, 0.15) is 5.75 Å². The maximum absolute atomic E-state index is 6.55. The second kappa shape index (κ2) is 9.60. The molecule has 1 aliphatic rings. The molecule has 184 valence electrons. The predicted molar refractivity (Wildman–Crippen MR) is 151 cm³/mol. The SMILES string of the molecule is COc1ccc(N2C(=S)N[C@@H](c3ccccn3)[C@H]2c2cc(C)n(-c3c(C)cccc3C)c2C)cc1Cl. The molecule has 36 heavy (non-hydrogen) atoms. The Balaban J connectivity index is 1.71. The van der Waals surface area contributed by atoms with E-state index in [1.54, 1.807) is 7.11 Å². The van der Waals surface area contributed by atoms with Crippen LogP contribution in [0.4, 0.5) is 5.69 Å². The number of ether oxygens (including phenoxy) is 1. The maximum Gasteiger partial charge on any atom is 0.174 e. The average Bonchev–Trinajstić information content (AvgIpc) is 3.35. The monoisotopic (exact) mass is 516 g/mol. The number of hydrogen-bond acceptors (Lipinski definition) is 3. The molecule has 5 rings (SSSR count). The van der Waals surface area contributed by atoms with Crippen LogP contribution >= 0.6 is 23.8 Å². The molecule has 0 bridgehead atoms. The van der Waals surface area contributed by atoms with Crippen LogP contribution in [0.3, 0.4) is 0 Å². The Hall–Kier alpha value is -3.35. The Kier molecular flexibility index (Phi) is 6.49. The van der Waals surface area contributed by atoms with Crippen molar-refractivity contribution in [3.63, 3.8) is 0 Å². The van der Waals surface area contributed by atoms with Crippen molar-refractivity contribution in [2.24, 2.45) is 0 Å². The van der Waals surface area contributed by atoms with Gasteiger partial charge in [-0.2, -0.15) is 0 Å². The number of anilines is 1. The van der Waals surface area contributed by atoms with Crippen molar-refractivity contribution in [3.8, 4) is 11.4 Å². The van der Waals surface area contributed by atoms with Crippen molar-refractivity contribution in [2.75, 3.05) is 12.0 Å². The molecule has 0 unspecified atom stereocenters. The molecule has 1 aliphatic heterocycles. The molecule has 2 aromatic carbocycles. The quantitative estimate of drug-likeness (QED) is 0.291. The standard InChI is InChI=1S/C29H29ClN4OS/c1-17-9-8-10-18(2)27(17)33-19(3)15-22(20(33)4)28-26(24-11-6-7-14-31-24)32-29(36)34(28)21-12-13-25(35-5)23(30)16-21/h6-16,26,28H,1-5H3,(H,32,36)/t26-,28+/m0/s1. The number of methoxy groups -OCH3 is 1. The lowest BCUT2D eigenvalue weighted by molar-refractivity contribution is 0.415. The van der Waals surface area contributed by atoms with Gasteiger partial charge in [0.2, 0.25) is 0 Å². The van der Waals surface area contributed by atoms with Gasteiger partial charge in [0.15, 0.2) is 5.11 Å². The van der Waals surface area contributed by atoms with Crippen molar-refractivity contribution >= 4 is 34.6 Å². The fraction of sp³-hybridized carbons (Fsp3) is 0.241. The summed E-state index contributed by atoms with van der Waals surface area (Å²) in [5, 5.41) is 4.72. The van der Waals surface area contributed by atoms with Gasteiger partial charge >= 0.3 is 0 Å². The molecular weight excluding hydrogens is 488 g/mol. The highest BCUT2D eigenvalue weighted by Crippen LogP contribution is 2.45. The molecule has 2 aromatic heterocycles. The molecule has 1 fully saturated rings. The van der Waals surface area contributed by atoms with E-state index in [-0.39, 0.29) is 12.1 Å². The summed E-state index contributed by atoms with van der Waals surface area (Å²) in [4.78, 5) is 6.84. The van der Waals surface area contributed by atoms with Gasteiger partial charge < -0.3 is 19.5 Å². The number of rotatable bonds is 5. The third-order valence-electron chi connectivity index (χ3n) is 6.96. The first-order valence-corrected chi connectivity index (χ1v) is 12.7. The summed E-state index contributed by atoms with van der Waals surface area (Å²) in [6, 6.07) is 20.2. The van der Waals surface area contributed by atoms with Crippen molar-refractivity contribution < 1.29 is 4.74 Å². The maximum atomic E-state index is 6.55. The van der Waals surface area contributed by atoms with Gasteiger partial charge in [-0.15, -0.1) is 0 Å². The Bertz CT molecular complexity index is 1430. The number of aromatic nitrogens is 2. The van der Waals surface area contributed by atoms with Crippen molar-refractivity contribution in [3.05, 3.63) is 106 Å². The molecule has 0 radical (unpaired) electrons. The zero-order valence-electron chi connectivity index (χ0n) is 21.0. The van der Waals surface area contributed by atoms with Crippen molar-refractivity contribution in [1.29, 1.82) is 0 Å². The highest BCUT2D eigenvalue weighted by Gasteiger charge is 2.42. The van der Waals surface area contributed by atoms with E-state index < -0.39 is 0 Å². The number of aryl methyl sites for hydroxylation is 3. The number of hydrogen-bond donors (Lipinski definition) is 1. The van der Waals surface area contributed by atoms with E-state index in [0.29, 0.717) is 15.9 Å². The Morgan fingerprint density at radius 1 is 0.972 bits per heavy atom. The fourth-order valence-corrected chi connectivity index (χ4v) is 5.94. The number of nitrogens with zero attached hydrogens (tertiary/aromatic N) is 3. The second-order valence-corrected chi connectivity index (χ2v) is 10.0. The summed E-state index contributed by atoms with van der Waals surface area (Å²) in [7, 11) is 1.62. The van der Waals surface area contributed by atoms with Crippen LogP contribution in [0.1, 0.15) is 45.9 Å². The minimum Gasteiger partial charge on any atom is -0.495 e. The van der Waals surface area contributed by atoms with Gasteiger partial charge in [-0.25, -0.2) is 0 Å². The first-order chi connectivity index (χ1) is 17.3. The van der Waals surface area contributed by atoms with E-state index in [4.69, 9.17) is 28.6 Å². The Morgan fingerprint density at radius 2 is 1.72 bits per heavy atom. The van der Waals surface area contributed by atoms with E-state index in [9.17, 15) is 0 Å². The van der Waals surface area contributed by atoms with Gasteiger partial charge in [0.25, 0.3) is 0 Å². The molecule has 7 heteroatoms. The lowest BCUT2D eigenvalue weighted by atomic mass is 9.96. The zero-order valence-corrected chi connectivity index (χ0v) is 22.6. The van der Waals surface area contributed by atoms with E-state index in [0.717, 1.165) is 11.4 Å². The van der Waals surface area contributed by atoms with E-state index in [2.05, 4.69) is 71.7 Å². The van der Waals surface area contributed by atoms with E-state index in [1.165, 1.54) is 33.8 Å². The van der Waals surface area contributed by atoms with Crippen LogP contribution in [-0.2, 0) is 0 Å². The Morgan fingerprint density at radius 3 is 2.36 bits per heavy atom. The van der Waals surface area contributed by atoms with Crippen LogP contribution in [0.2, 0.25) is 5.02 Å². The number of pyridine rings is 1. The first kappa shape index (κ1) is 24.3. The molecule has 1 N–H and O–H groups in total. The minimum absolute atomic E-state index is 0.124. The number of para-hydroxylation sites is 1. The smallest absolute Gasteiger partial charge is 0.174 e. The van der Waals surface area contributed by atoms with Crippen LogP contribution in [0.5, 0.6) is 5.75 Å². The molecule has 2 atom stereocenters. The first-order valence-electron chi connectivity index (χ1n) is 11.9. The average molecular weight is 517 g/mol. The molecule has 1 saturated heterocycles.